The number of nitrogens with one attached hydrogen (secondary N) is 1. The van der Waals surface area contributed by atoms with Crippen molar-refractivity contribution >= 4 is 17.5 Å². The van der Waals surface area contributed by atoms with Crippen LogP contribution in [0.3, 0.4) is 0 Å². The first kappa shape index (κ1) is 18.5. The maximum atomic E-state index is 12.6. The maximum Gasteiger partial charge on any atom is 0.253 e. The van der Waals surface area contributed by atoms with E-state index in [-0.39, 0.29) is 5.91 Å². The second kappa shape index (κ2) is 7.99. The van der Waals surface area contributed by atoms with Gasteiger partial charge in [0.1, 0.15) is 0 Å². The smallest absolute Gasteiger partial charge is 0.253 e. The summed E-state index contributed by atoms with van der Waals surface area (Å²) in [5.74, 6) is 0.398. The van der Waals surface area contributed by atoms with Crippen molar-refractivity contribution in [3.63, 3.8) is 0 Å². The molecule has 1 aromatic carbocycles. The van der Waals surface area contributed by atoms with E-state index in [0.717, 1.165) is 67.3 Å². The molecular weight excluding hydrogens is 358 g/mol. The fraction of sp³-hybridized carbons (Fsp3) is 0.455. The van der Waals surface area contributed by atoms with Crippen LogP contribution in [0.1, 0.15) is 58.9 Å². The highest BCUT2D eigenvalue weighted by Gasteiger charge is 2.29. The zero-order valence-corrected chi connectivity index (χ0v) is 16.5. The van der Waals surface area contributed by atoms with Crippen LogP contribution in [0.15, 0.2) is 36.4 Å². The second-order valence-corrected chi connectivity index (χ2v) is 8.25. The summed E-state index contributed by atoms with van der Waals surface area (Å²) >= 11 is 5.98. The van der Waals surface area contributed by atoms with Crippen molar-refractivity contribution in [2.45, 2.75) is 51.1 Å². The van der Waals surface area contributed by atoms with Gasteiger partial charge in [-0.3, -0.25) is 14.7 Å². The van der Waals surface area contributed by atoms with Crippen molar-refractivity contribution in [1.82, 2.24) is 15.2 Å². The summed E-state index contributed by atoms with van der Waals surface area (Å²) in [5, 5.41) is 3.89. The Morgan fingerprint density at radius 2 is 1.81 bits per heavy atom. The number of carbonyl (C=O) groups is 1. The van der Waals surface area contributed by atoms with E-state index in [9.17, 15) is 4.79 Å². The summed E-state index contributed by atoms with van der Waals surface area (Å²) in [7, 11) is 0. The van der Waals surface area contributed by atoms with Gasteiger partial charge in [-0.05, 0) is 75.5 Å². The van der Waals surface area contributed by atoms with Crippen molar-refractivity contribution in [3.05, 3.63) is 63.9 Å². The summed E-state index contributed by atoms with van der Waals surface area (Å²) in [6.45, 7) is 4.99. The van der Waals surface area contributed by atoms with Gasteiger partial charge in [0.05, 0.1) is 11.3 Å². The van der Waals surface area contributed by atoms with E-state index < -0.39 is 0 Å². The molecule has 4 rings (SSSR count). The molecule has 0 unspecified atom stereocenters. The highest BCUT2D eigenvalue weighted by molar-refractivity contribution is 6.30. The Hall–Kier alpha value is -1.91. The first-order chi connectivity index (χ1) is 13.1. The predicted molar refractivity (Wildman–Crippen MR) is 108 cm³/mol. The van der Waals surface area contributed by atoms with Gasteiger partial charge in [0.25, 0.3) is 5.91 Å². The van der Waals surface area contributed by atoms with Gasteiger partial charge in [0, 0.05) is 29.2 Å². The van der Waals surface area contributed by atoms with Gasteiger partial charge < -0.3 is 5.32 Å². The van der Waals surface area contributed by atoms with Crippen LogP contribution in [0.4, 0.5) is 0 Å². The Bertz CT molecular complexity index is 809. The minimum Gasteiger partial charge on any atom is -0.349 e. The maximum absolute atomic E-state index is 12.6. The molecule has 2 fully saturated rings. The molecule has 1 N–H and O–H groups in total. The molecule has 1 aliphatic heterocycles. The van der Waals surface area contributed by atoms with Crippen LogP contribution in [0.25, 0.3) is 0 Å². The van der Waals surface area contributed by atoms with Crippen molar-refractivity contribution in [1.29, 1.82) is 0 Å². The van der Waals surface area contributed by atoms with Crippen molar-refractivity contribution in [3.8, 4) is 0 Å². The SMILES string of the molecule is Cc1ccc(C(=O)NC2CC2)c(C2CCN(Cc3ccc(Cl)cc3)CC2)n1. The molecule has 1 saturated heterocycles. The third kappa shape index (κ3) is 4.69. The number of aromatic nitrogens is 1. The number of halogens is 1. The van der Waals surface area contributed by atoms with Gasteiger partial charge in [-0.25, -0.2) is 0 Å². The van der Waals surface area contributed by atoms with E-state index in [1.807, 2.05) is 31.2 Å². The first-order valence-corrected chi connectivity index (χ1v) is 10.2. The summed E-state index contributed by atoms with van der Waals surface area (Å²) < 4.78 is 0. The molecule has 1 amide bonds. The van der Waals surface area contributed by atoms with Crippen LogP contribution in [0.5, 0.6) is 0 Å². The Kier molecular flexibility index (Phi) is 5.46. The molecule has 1 aromatic heterocycles. The number of benzene rings is 1. The van der Waals surface area contributed by atoms with Crippen molar-refractivity contribution in [2.24, 2.45) is 0 Å². The number of hydrogen-bond donors (Lipinski definition) is 1. The topological polar surface area (TPSA) is 45.2 Å². The van der Waals surface area contributed by atoms with Crippen molar-refractivity contribution < 1.29 is 4.79 Å². The molecule has 0 radical (unpaired) electrons. The fourth-order valence-electron chi connectivity index (χ4n) is 3.78. The van der Waals surface area contributed by atoms with Gasteiger partial charge in [0.2, 0.25) is 0 Å². The van der Waals surface area contributed by atoms with Crippen LogP contribution in [-0.4, -0.2) is 34.9 Å². The van der Waals surface area contributed by atoms with Crippen LogP contribution >= 0.6 is 11.6 Å². The fourth-order valence-corrected chi connectivity index (χ4v) is 3.91. The van der Waals surface area contributed by atoms with E-state index in [2.05, 4.69) is 22.3 Å². The minimum atomic E-state index is 0.0450. The molecule has 1 saturated carbocycles. The van der Waals surface area contributed by atoms with E-state index in [1.54, 1.807) is 0 Å². The molecule has 0 atom stereocenters. The van der Waals surface area contributed by atoms with Gasteiger partial charge in [-0.2, -0.15) is 0 Å². The molecule has 1 aliphatic carbocycles. The third-order valence-electron chi connectivity index (χ3n) is 5.51. The third-order valence-corrected chi connectivity index (χ3v) is 5.77. The highest BCUT2D eigenvalue weighted by Crippen LogP contribution is 2.30. The van der Waals surface area contributed by atoms with Gasteiger partial charge in [-0.15, -0.1) is 0 Å². The van der Waals surface area contributed by atoms with Crippen LogP contribution in [-0.2, 0) is 6.54 Å². The lowest BCUT2D eigenvalue weighted by atomic mass is 9.89. The van der Waals surface area contributed by atoms with Crippen LogP contribution in [0.2, 0.25) is 5.02 Å². The van der Waals surface area contributed by atoms with E-state index in [1.165, 1.54) is 5.56 Å². The predicted octanol–water partition coefficient (Wildman–Crippen LogP) is 4.32. The second-order valence-electron chi connectivity index (χ2n) is 7.81. The highest BCUT2D eigenvalue weighted by atomic mass is 35.5. The average Bonchev–Trinajstić information content (AvgIpc) is 3.48. The number of hydrogen-bond acceptors (Lipinski definition) is 3. The standard InChI is InChI=1S/C22H26ClN3O/c1-15-2-9-20(22(27)25-19-7-8-19)21(24-15)17-10-12-26(13-11-17)14-16-3-5-18(23)6-4-16/h2-6,9,17,19H,7-8,10-14H2,1H3,(H,25,27). The van der Waals surface area contributed by atoms with Gasteiger partial charge in [0.15, 0.2) is 0 Å². The summed E-state index contributed by atoms with van der Waals surface area (Å²) in [5.41, 5.74) is 4.02. The largest absolute Gasteiger partial charge is 0.349 e. The van der Waals surface area contributed by atoms with Crippen molar-refractivity contribution in [2.75, 3.05) is 13.1 Å². The molecule has 2 aliphatic rings. The van der Waals surface area contributed by atoms with Crippen LogP contribution in [0, 0.1) is 6.92 Å². The van der Waals surface area contributed by atoms with Gasteiger partial charge >= 0.3 is 0 Å². The van der Waals surface area contributed by atoms with E-state index in [4.69, 9.17) is 16.6 Å². The number of rotatable bonds is 5. The normalized spacial score (nSPS) is 18.4. The molecule has 27 heavy (non-hydrogen) atoms. The number of aryl methyl sites for hydroxylation is 1. The number of likely N-dealkylation sites (tertiary alicyclic amines) is 1. The Morgan fingerprint density at radius 1 is 1.11 bits per heavy atom. The zero-order valence-electron chi connectivity index (χ0n) is 15.7. The summed E-state index contributed by atoms with van der Waals surface area (Å²) in [6.07, 6.45) is 4.27. The van der Waals surface area contributed by atoms with E-state index in [0.29, 0.717) is 12.0 Å². The number of nitrogens with zero attached hydrogens (tertiary/aromatic N) is 2. The Morgan fingerprint density at radius 3 is 2.48 bits per heavy atom. The molecular formula is C22H26ClN3O. The quantitative estimate of drug-likeness (QED) is 0.836. The molecule has 4 nitrogen and oxygen atoms in total. The monoisotopic (exact) mass is 383 g/mol. The lowest BCUT2D eigenvalue weighted by molar-refractivity contribution is 0.0948. The lowest BCUT2D eigenvalue weighted by Crippen LogP contribution is -2.34. The van der Waals surface area contributed by atoms with E-state index >= 15 is 0 Å². The number of carbonyl (C=O) groups excluding carboxylic acids is 1. The van der Waals surface area contributed by atoms with Crippen LogP contribution < -0.4 is 5.32 Å². The molecule has 142 valence electrons. The zero-order chi connectivity index (χ0) is 18.8. The lowest BCUT2D eigenvalue weighted by Gasteiger charge is -2.32. The number of piperidine rings is 1. The minimum absolute atomic E-state index is 0.0450. The summed E-state index contributed by atoms with van der Waals surface area (Å²) in [6, 6.07) is 12.4. The molecule has 2 heterocycles. The molecule has 5 heteroatoms. The Balaban J connectivity index is 1.42. The molecule has 0 spiro atoms. The average molecular weight is 384 g/mol. The summed E-state index contributed by atoms with van der Waals surface area (Å²) in [4.78, 5) is 19.9. The molecule has 0 bridgehead atoms. The Labute approximate surface area is 165 Å². The number of amides is 1. The first-order valence-electron chi connectivity index (χ1n) is 9.83. The number of pyridine rings is 1. The molecule has 2 aromatic rings. The van der Waals surface area contributed by atoms with Gasteiger partial charge in [-0.1, -0.05) is 23.7 Å².